The highest BCUT2D eigenvalue weighted by atomic mass is 35.5. The third kappa shape index (κ3) is 4.11. The van der Waals surface area contributed by atoms with E-state index in [1.54, 1.807) is 18.0 Å². The molecule has 0 aliphatic rings. The lowest BCUT2D eigenvalue weighted by Crippen LogP contribution is -2.12. The fourth-order valence-electron chi connectivity index (χ4n) is 1.59. The lowest BCUT2D eigenvalue weighted by atomic mass is 10.2. The number of hydrogen-bond acceptors (Lipinski definition) is 3. The van der Waals surface area contributed by atoms with E-state index in [-0.39, 0.29) is 0 Å². The standard InChI is InChI=1S/C14H14Cl2N2S/c1-2-17-8-10-4-3-5-12(16)14(10)19-13-7-6-11(15)9-18-13/h3-7,9,17H,2,8H2,1H3. The highest BCUT2D eigenvalue weighted by Crippen LogP contribution is 2.35. The Hall–Kier alpha value is -0.740. The Labute approximate surface area is 127 Å². The number of benzene rings is 1. The minimum atomic E-state index is 0.636. The van der Waals surface area contributed by atoms with Crippen molar-refractivity contribution in [2.24, 2.45) is 0 Å². The van der Waals surface area contributed by atoms with Gasteiger partial charge in [-0.15, -0.1) is 0 Å². The number of pyridine rings is 1. The van der Waals surface area contributed by atoms with E-state index in [9.17, 15) is 0 Å². The van der Waals surface area contributed by atoms with Gasteiger partial charge in [-0.25, -0.2) is 4.98 Å². The molecule has 0 radical (unpaired) electrons. The normalized spacial score (nSPS) is 10.7. The van der Waals surface area contributed by atoms with Crippen LogP contribution in [0.25, 0.3) is 0 Å². The van der Waals surface area contributed by atoms with Crippen LogP contribution < -0.4 is 5.32 Å². The minimum absolute atomic E-state index is 0.636. The van der Waals surface area contributed by atoms with Crippen LogP contribution in [-0.2, 0) is 6.54 Å². The second-order valence-electron chi connectivity index (χ2n) is 3.93. The van der Waals surface area contributed by atoms with Gasteiger partial charge in [0.05, 0.1) is 10.0 Å². The van der Waals surface area contributed by atoms with E-state index < -0.39 is 0 Å². The summed E-state index contributed by atoms with van der Waals surface area (Å²) >= 11 is 13.7. The van der Waals surface area contributed by atoms with Crippen molar-refractivity contribution < 1.29 is 0 Å². The van der Waals surface area contributed by atoms with Crippen LogP contribution in [0, 0.1) is 0 Å². The molecular weight excluding hydrogens is 299 g/mol. The van der Waals surface area contributed by atoms with Crippen LogP contribution in [0.15, 0.2) is 46.5 Å². The zero-order valence-corrected chi connectivity index (χ0v) is 12.8. The molecule has 1 aromatic heterocycles. The topological polar surface area (TPSA) is 24.9 Å². The van der Waals surface area contributed by atoms with Crippen LogP contribution in [-0.4, -0.2) is 11.5 Å². The summed E-state index contributed by atoms with van der Waals surface area (Å²) in [4.78, 5) is 5.33. The lowest BCUT2D eigenvalue weighted by Gasteiger charge is -2.11. The molecular formula is C14H14Cl2N2S. The van der Waals surface area contributed by atoms with Crippen molar-refractivity contribution in [3.8, 4) is 0 Å². The van der Waals surface area contributed by atoms with E-state index in [0.717, 1.165) is 28.0 Å². The molecule has 0 spiro atoms. The van der Waals surface area contributed by atoms with E-state index in [1.807, 2.05) is 24.3 Å². The lowest BCUT2D eigenvalue weighted by molar-refractivity contribution is 0.718. The van der Waals surface area contributed by atoms with E-state index in [4.69, 9.17) is 23.2 Å². The average Bonchev–Trinajstić information content (AvgIpc) is 2.42. The molecule has 0 amide bonds. The minimum Gasteiger partial charge on any atom is -0.313 e. The smallest absolute Gasteiger partial charge is 0.101 e. The van der Waals surface area contributed by atoms with E-state index in [2.05, 4.69) is 23.3 Å². The van der Waals surface area contributed by atoms with Crippen molar-refractivity contribution in [2.75, 3.05) is 6.54 Å². The molecule has 100 valence electrons. The molecule has 1 aromatic carbocycles. The zero-order valence-electron chi connectivity index (χ0n) is 10.5. The van der Waals surface area contributed by atoms with Crippen LogP contribution in [0.2, 0.25) is 10.0 Å². The van der Waals surface area contributed by atoms with Crippen molar-refractivity contribution in [3.05, 3.63) is 52.1 Å². The Morgan fingerprint density at radius 2 is 2.05 bits per heavy atom. The molecule has 0 aliphatic heterocycles. The average molecular weight is 313 g/mol. The molecule has 0 saturated carbocycles. The number of halogens is 2. The van der Waals surface area contributed by atoms with Gasteiger partial charge in [-0.3, -0.25) is 0 Å². The third-order valence-electron chi connectivity index (χ3n) is 2.52. The monoisotopic (exact) mass is 312 g/mol. The van der Waals surface area contributed by atoms with Crippen LogP contribution in [0.3, 0.4) is 0 Å². The highest BCUT2D eigenvalue weighted by molar-refractivity contribution is 7.99. The maximum atomic E-state index is 6.29. The van der Waals surface area contributed by atoms with Gasteiger partial charge < -0.3 is 5.32 Å². The molecule has 2 rings (SSSR count). The summed E-state index contributed by atoms with van der Waals surface area (Å²) in [5.41, 5.74) is 1.18. The van der Waals surface area contributed by atoms with E-state index in [0.29, 0.717) is 5.02 Å². The number of nitrogens with zero attached hydrogens (tertiary/aromatic N) is 1. The first-order valence-electron chi connectivity index (χ1n) is 5.98. The summed E-state index contributed by atoms with van der Waals surface area (Å²) < 4.78 is 0. The number of aromatic nitrogens is 1. The first-order chi connectivity index (χ1) is 9.20. The quantitative estimate of drug-likeness (QED) is 0.870. The molecule has 0 saturated heterocycles. The fraction of sp³-hybridized carbons (Fsp3) is 0.214. The highest BCUT2D eigenvalue weighted by Gasteiger charge is 2.09. The summed E-state index contributed by atoms with van der Waals surface area (Å²) in [5.74, 6) is 0. The molecule has 2 aromatic rings. The van der Waals surface area contributed by atoms with Crippen molar-refractivity contribution >= 4 is 35.0 Å². The largest absolute Gasteiger partial charge is 0.313 e. The van der Waals surface area contributed by atoms with Gasteiger partial charge in [0.25, 0.3) is 0 Å². The molecule has 0 unspecified atom stereocenters. The summed E-state index contributed by atoms with van der Waals surface area (Å²) in [6, 6.07) is 9.67. The number of hydrogen-bond donors (Lipinski definition) is 1. The van der Waals surface area contributed by atoms with Gasteiger partial charge in [0, 0.05) is 17.6 Å². The molecule has 0 atom stereocenters. The molecule has 19 heavy (non-hydrogen) atoms. The number of rotatable bonds is 5. The molecule has 0 aliphatic carbocycles. The predicted octanol–water partition coefficient (Wildman–Crippen LogP) is 4.65. The Kier molecular flexibility index (Phi) is 5.52. The zero-order chi connectivity index (χ0) is 13.7. The van der Waals surface area contributed by atoms with E-state index >= 15 is 0 Å². The van der Waals surface area contributed by atoms with Crippen molar-refractivity contribution in [2.45, 2.75) is 23.4 Å². The first-order valence-corrected chi connectivity index (χ1v) is 7.55. The predicted molar refractivity (Wildman–Crippen MR) is 82.2 cm³/mol. The Bertz CT molecular complexity index is 544. The second kappa shape index (κ2) is 7.15. The molecule has 1 N–H and O–H groups in total. The molecule has 2 nitrogen and oxygen atoms in total. The fourth-order valence-corrected chi connectivity index (χ4v) is 2.90. The summed E-state index contributed by atoms with van der Waals surface area (Å²) in [5, 5.41) is 5.58. The Morgan fingerprint density at radius 1 is 1.21 bits per heavy atom. The van der Waals surface area contributed by atoms with Gasteiger partial charge in [-0.2, -0.15) is 0 Å². The Morgan fingerprint density at radius 3 is 2.74 bits per heavy atom. The van der Waals surface area contributed by atoms with Gasteiger partial charge >= 0.3 is 0 Å². The van der Waals surface area contributed by atoms with Gasteiger partial charge in [0.1, 0.15) is 5.03 Å². The molecule has 0 fully saturated rings. The second-order valence-corrected chi connectivity index (χ2v) is 5.80. The molecule has 1 heterocycles. The van der Waals surface area contributed by atoms with Gasteiger partial charge in [0.15, 0.2) is 0 Å². The number of nitrogens with one attached hydrogen (secondary N) is 1. The van der Waals surface area contributed by atoms with Crippen LogP contribution in [0.4, 0.5) is 0 Å². The van der Waals surface area contributed by atoms with Crippen LogP contribution in [0.1, 0.15) is 12.5 Å². The van der Waals surface area contributed by atoms with Gasteiger partial charge in [0.2, 0.25) is 0 Å². The summed E-state index contributed by atoms with van der Waals surface area (Å²) in [7, 11) is 0. The maximum Gasteiger partial charge on any atom is 0.101 e. The van der Waals surface area contributed by atoms with Crippen molar-refractivity contribution in [1.29, 1.82) is 0 Å². The molecule has 5 heteroatoms. The maximum absolute atomic E-state index is 6.29. The van der Waals surface area contributed by atoms with Crippen LogP contribution >= 0.6 is 35.0 Å². The summed E-state index contributed by atoms with van der Waals surface area (Å²) in [6.45, 7) is 3.81. The first kappa shape index (κ1) is 14.7. The van der Waals surface area contributed by atoms with Crippen molar-refractivity contribution in [1.82, 2.24) is 10.3 Å². The van der Waals surface area contributed by atoms with Crippen LogP contribution in [0.5, 0.6) is 0 Å². The van der Waals surface area contributed by atoms with Crippen molar-refractivity contribution in [3.63, 3.8) is 0 Å². The van der Waals surface area contributed by atoms with Gasteiger partial charge in [-0.05, 0) is 30.3 Å². The van der Waals surface area contributed by atoms with Gasteiger partial charge in [-0.1, -0.05) is 54.0 Å². The SMILES string of the molecule is CCNCc1cccc(Cl)c1Sc1ccc(Cl)cn1. The Balaban J connectivity index is 2.25. The summed E-state index contributed by atoms with van der Waals surface area (Å²) in [6.07, 6.45) is 1.64. The van der Waals surface area contributed by atoms with E-state index in [1.165, 1.54) is 5.56 Å². The third-order valence-corrected chi connectivity index (χ3v) is 4.31. The molecule has 0 bridgehead atoms.